The quantitative estimate of drug-likeness (QED) is 0.497. The molecule has 0 spiro atoms. The number of hydrazone groups is 2. The van der Waals surface area contributed by atoms with Gasteiger partial charge in [0.05, 0.1) is 11.4 Å². The van der Waals surface area contributed by atoms with Gasteiger partial charge in [-0.15, -0.1) is 0 Å². The Morgan fingerprint density at radius 3 is 1.86 bits per heavy atom. The first-order chi connectivity index (χ1) is 6.47. The van der Waals surface area contributed by atoms with Crippen LogP contribution in [0.3, 0.4) is 0 Å². The molecule has 82 valence electrons. The van der Waals surface area contributed by atoms with Crippen molar-refractivity contribution >= 4 is 11.4 Å². The molecule has 0 radical (unpaired) electrons. The van der Waals surface area contributed by atoms with Crippen LogP contribution < -0.4 is 0 Å². The molecule has 0 heterocycles. The van der Waals surface area contributed by atoms with Crippen molar-refractivity contribution < 1.29 is 0 Å². The maximum absolute atomic E-state index is 4.41. The summed E-state index contributed by atoms with van der Waals surface area (Å²) in [6, 6.07) is 0. The van der Waals surface area contributed by atoms with Crippen molar-refractivity contribution in [2.24, 2.45) is 10.2 Å². The smallest absolute Gasteiger partial charge is 0.0834 e. The molecule has 4 nitrogen and oxygen atoms in total. The Kier molecular flexibility index (Phi) is 5.92. The third kappa shape index (κ3) is 5.56. The van der Waals surface area contributed by atoms with E-state index in [1.54, 1.807) is 5.01 Å². The fraction of sp³-hybridized carbons (Fsp3) is 0.800. The first-order valence-corrected chi connectivity index (χ1v) is 4.95. The lowest BCUT2D eigenvalue weighted by Crippen LogP contribution is -2.19. The number of nitrogens with zero attached hydrogens (tertiary/aromatic N) is 4. The number of rotatable bonds is 5. The molecule has 0 N–H and O–H groups in total. The zero-order valence-corrected chi connectivity index (χ0v) is 10.2. The van der Waals surface area contributed by atoms with Crippen LogP contribution in [0.25, 0.3) is 0 Å². The fourth-order valence-corrected chi connectivity index (χ4v) is 1.14. The van der Waals surface area contributed by atoms with Gasteiger partial charge in [0, 0.05) is 28.2 Å². The molecular weight excluding hydrogens is 176 g/mol. The molecule has 0 unspecified atom stereocenters. The highest BCUT2D eigenvalue weighted by Crippen LogP contribution is 1.98. The van der Waals surface area contributed by atoms with E-state index in [1.807, 2.05) is 40.1 Å². The lowest BCUT2D eigenvalue weighted by Gasteiger charge is -2.12. The molecule has 0 aliphatic rings. The minimum Gasteiger partial charge on any atom is -0.303 e. The highest BCUT2D eigenvalue weighted by Gasteiger charge is 2.04. The van der Waals surface area contributed by atoms with E-state index in [0.29, 0.717) is 0 Å². The minimum atomic E-state index is 0.974. The van der Waals surface area contributed by atoms with Crippen LogP contribution in [0, 0.1) is 0 Å². The zero-order valence-electron chi connectivity index (χ0n) is 10.2. The number of hydrogen-bond acceptors (Lipinski definition) is 4. The molecular formula is C10H22N4. The molecule has 0 aromatic carbocycles. The lowest BCUT2D eigenvalue weighted by molar-refractivity contribution is 0.432. The maximum Gasteiger partial charge on any atom is 0.0834 e. The van der Waals surface area contributed by atoms with E-state index in [-0.39, 0.29) is 0 Å². The van der Waals surface area contributed by atoms with Gasteiger partial charge in [-0.2, -0.15) is 10.2 Å². The first kappa shape index (κ1) is 12.9. The third-order valence-corrected chi connectivity index (χ3v) is 1.58. The molecule has 0 aliphatic carbocycles. The van der Waals surface area contributed by atoms with Gasteiger partial charge in [0.1, 0.15) is 0 Å². The second-order valence-electron chi connectivity index (χ2n) is 3.68. The van der Waals surface area contributed by atoms with Crippen molar-refractivity contribution in [3.63, 3.8) is 0 Å². The van der Waals surface area contributed by atoms with Crippen molar-refractivity contribution in [1.82, 2.24) is 10.0 Å². The van der Waals surface area contributed by atoms with Crippen LogP contribution in [0.1, 0.15) is 26.7 Å². The van der Waals surface area contributed by atoms with Gasteiger partial charge in [0.25, 0.3) is 0 Å². The van der Waals surface area contributed by atoms with Crippen LogP contribution in [-0.4, -0.2) is 49.6 Å². The predicted octanol–water partition coefficient (Wildman–Crippen LogP) is 1.64. The normalized spacial score (nSPS) is 13.0. The Bertz CT molecular complexity index is 216. The molecule has 0 rings (SSSR count). The molecule has 0 bridgehead atoms. The van der Waals surface area contributed by atoms with Crippen LogP contribution in [0.15, 0.2) is 10.2 Å². The maximum atomic E-state index is 4.41. The molecule has 0 aromatic heterocycles. The molecule has 0 amide bonds. The minimum absolute atomic E-state index is 0.974. The highest BCUT2D eigenvalue weighted by molar-refractivity contribution is 6.41. The Morgan fingerprint density at radius 2 is 1.50 bits per heavy atom. The molecule has 0 saturated carbocycles. The van der Waals surface area contributed by atoms with Gasteiger partial charge in [0.2, 0.25) is 0 Å². The van der Waals surface area contributed by atoms with E-state index >= 15 is 0 Å². The summed E-state index contributed by atoms with van der Waals surface area (Å²) in [6.45, 7) is 4.14. The topological polar surface area (TPSA) is 31.2 Å². The standard InChI is InChI=1S/C10H22N4/c1-7-8-10(12-14(5)6)9(2)11-13(3)4/h7-8H2,1-6H3. The second kappa shape index (κ2) is 6.40. The van der Waals surface area contributed by atoms with Crippen molar-refractivity contribution in [2.45, 2.75) is 26.7 Å². The van der Waals surface area contributed by atoms with E-state index in [4.69, 9.17) is 0 Å². The van der Waals surface area contributed by atoms with Gasteiger partial charge in [-0.1, -0.05) is 13.3 Å². The average Bonchev–Trinajstić information content (AvgIpc) is 2.01. The second-order valence-corrected chi connectivity index (χ2v) is 3.68. The largest absolute Gasteiger partial charge is 0.303 e. The molecule has 0 fully saturated rings. The summed E-state index contributed by atoms with van der Waals surface area (Å²) in [5.41, 5.74) is 2.05. The van der Waals surface area contributed by atoms with E-state index in [0.717, 1.165) is 24.3 Å². The fourth-order valence-electron chi connectivity index (χ4n) is 1.14. The Labute approximate surface area is 87.3 Å². The average molecular weight is 198 g/mol. The summed E-state index contributed by atoms with van der Waals surface area (Å²) in [6.07, 6.45) is 2.06. The molecule has 0 aliphatic heterocycles. The van der Waals surface area contributed by atoms with E-state index in [2.05, 4.69) is 17.1 Å². The van der Waals surface area contributed by atoms with Gasteiger partial charge in [0.15, 0.2) is 0 Å². The van der Waals surface area contributed by atoms with E-state index < -0.39 is 0 Å². The van der Waals surface area contributed by atoms with Crippen LogP contribution in [0.2, 0.25) is 0 Å². The molecule has 0 aromatic rings. The summed E-state index contributed by atoms with van der Waals surface area (Å²) in [4.78, 5) is 0. The summed E-state index contributed by atoms with van der Waals surface area (Å²) in [5, 5.41) is 12.4. The predicted molar refractivity (Wildman–Crippen MR) is 62.8 cm³/mol. The number of hydrogen-bond donors (Lipinski definition) is 0. The van der Waals surface area contributed by atoms with Gasteiger partial charge in [-0.05, 0) is 13.3 Å². The zero-order chi connectivity index (χ0) is 11.1. The summed E-state index contributed by atoms with van der Waals surface area (Å²) in [7, 11) is 7.70. The van der Waals surface area contributed by atoms with Crippen LogP contribution in [0.5, 0.6) is 0 Å². The Balaban J connectivity index is 4.65. The van der Waals surface area contributed by atoms with Crippen molar-refractivity contribution in [1.29, 1.82) is 0 Å². The van der Waals surface area contributed by atoms with Gasteiger partial charge in [-0.3, -0.25) is 0 Å². The lowest BCUT2D eigenvalue weighted by atomic mass is 10.1. The van der Waals surface area contributed by atoms with Crippen molar-refractivity contribution in [2.75, 3.05) is 28.2 Å². The molecule has 4 heteroatoms. The van der Waals surface area contributed by atoms with E-state index in [9.17, 15) is 0 Å². The summed E-state index contributed by atoms with van der Waals surface area (Å²) in [5.74, 6) is 0. The molecule has 0 atom stereocenters. The van der Waals surface area contributed by atoms with Crippen molar-refractivity contribution in [3.05, 3.63) is 0 Å². The monoisotopic (exact) mass is 198 g/mol. The summed E-state index contributed by atoms with van der Waals surface area (Å²) < 4.78 is 0. The highest BCUT2D eigenvalue weighted by atomic mass is 15.4. The van der Waals surface area contributed by atoms with Gasteiger partial charge < -0.3 is 10.0 Å². The summed E-state index contributed by atoms with van der Waals surface area (Å²) >= 11 is 0. The van der Waals surface area contributed by atoms with Crippen molar-refractivity contribution in [3.8, 4) is 0 Å². The van der Waals surface area contributed by atoms with E-state index in [1.165, 1.54) is 0 Å². The first-order valence-electron chi connectivity index (χ1n) is 4.95. The van der Waals surface area contributed by atoms with Crippen LogP contribution in [0.4, 0.5) is 0 Å². The van der Waals surface area contributed by atoms with Crippen LogP contribution in [-0.2, 0) is 0 Å². The molecule has 14 heavy (non-hydrogen) atoms. The van der Waals surface area contributed by atoms with Gasteiger partial charge in [-0.25, -0.2) is 0 Å². The Hall–Kier alpha value is -1.06. The third-order valence-electron chi connectivity index (χ3n) is 1.58. The van der Waals surface area contributed by atoms with Crippen LogP contribution >= 0.6 is 0 Å². The Morgan fingerprint density at radius 1 is 1.00 bits per heavy atom. The SMILES string of the molecule is CCCC(=NN(C)C)C(C)=NN(C)C. The molecule has 0 saturated heterocycles. The van der Waals surface area contributed by atoms with Gasteiger partial charge >= 0.3 is 0 Å².